The zero-order chi connectivity index (χ0) is 17.3. The SMILES string of the molecule is COC(=O)c1cccc(S(=O)(=O)Nc2cccc3c(Cl)c[nH]c23)c1. The standard InChI is InChI=1S/C16H13ClN2O4S/c1-23-16(20)10-4-2-5-11(8-10)24(21,22)19-14-7-3-6-12-13(17)9-18-15(12)14/h2-9,18-19H,1H3. The second-order valence-corrected chi connectivity index (χ2v) is 7.08. The number of methoxy groups -OCH3 is 1. The van der Waals surface area contributed by atoms with E-state index < -0.39 is 16.0 Å². The number of para-hydroxylation sites is 1. The lowest BCUT2D eigenvalue weighted by Crippen LogP contribution is -2.14. The molecule has 0 aliphatic heterocycles. The van der Waals surface area contributed by atoms with E-state index >= 15 is 0 Å². The molecule has 3 rings (SSSR count). The summed E-state index contributed by atoms with van der Waals surface area (Å²) >= 11 is 6.04. The van der Waals surface area contributed by atoms with Crippen LogP contribution >= 0.6 is 11.6 Å². The number of fused-ring (bicyclic) bond motifs is 1. The van der Waals surface area contributed by atoms with Crippen LogP contribution in [0.4, 0.5) is 5.69 Å². The normalized spacial score (nSPS) is 11.4. The Hall–Kier alpha value is -2.51. The molecule has 1 heterocycles. The first-order valence-electron chi connectivity index (χ1n) is 6.89. The van der Waals surface area contributed by atoms with Crippen LogP contribution < -0.4 is 4.72 Å². The van der Waals surface area contributed by atoms with Gasteiger partial charge < -0.3 is 9.72 Å². The Balaban J connectivity index is 2.01. The third-order valence-corrected chi connectivity index (χ3v) is 5.15. The summed E-state index contributed by atoms with van der Waals surface area (Å²) in [5, 5.41) is 1.21. The topological polar surface area (TPSA) is 88.3 Å². The maximum Gasteiger partial charge on any atom is 0.337 e. The second-order valence-electron chi connectivity index (χ2n) is 4.99. The van der Waals surface area contributed by atoms with Crippen LogP contribution in [0.15, 0.2) is 53.6 Å². The van der Waals surface area contributed by atoms with Crippen molar-refractivity contribution in [1.82, 2.24) is 4.98 Å². The number of carbonyl (C=O) groups is 1. The number of sulfonamides is 1. The molecular formula is C16H13ClN2O4S. The van der Waals surface area contributed by atoms with Crippen LogP contribution in [0, 0.1) is 0 Å². The van der Waals surface area contributed by atoms with Gasteiger partial charge in [0.05, 0.1) is 33.8 Å². The van der Waals surface area contributed by atoms with Crippen LogP contribution in [-0.2, 0) is 14.8 Å². The molecule has 2 N–H and O–H groups in total. The maximum atomic E-state index is 12.6. The van der Waals surface area contributed by atoms with Crippen molar-refractivity contribution in [3.63, 3.8) is 0 Å². The van der Waals surface area contributed by atoms with Crippen molar-refractivity contribution in [2.75, 3.05) is 11.8 Å². The number of hydrogen-bond acceptors (Lipinski definition) is 4. The Labute approximate surface area is 143 Å². The molecule has 0 spiro atoms. The number of anilines is 1. The van der Waals surface area contributed by atoms with Gasteiger partial charge in [-0.1, -0.05) is 29.8 Å². The predicted molar refractivity (Wildman–Crippen MR) is 91.9 cm³/mol. The smallest absolute Gasteiger partial charge is 0.337 e. The fourth-order valence-corrected chi connectivity index (χ4v) is 3.65. The van der Waals surface area contributed by atoms with Gasteiger partial charge in [0, 0.05) is 11.6 Å². The molecule has 0 saturated heterocycles. The number of hydrogen-bond donors (Lipinski definition) is 2. The number of H-pyrrole nitrogens is 1. The Morgan fingerprint density at radius 3 is 2.71 bits per heavy atom. The minimum absolute atomic E-state index is 0.0416. The quantitative estimate of drug-likeness (QED) is 0.694. The molecule has 6 nitrogen and oxygen atoms in total. The van der Waals surface area contributed by atoms with Crippen LogP contribution in [0.1, 0.15) is 10.4 Å². The largest absolute Gasteiger partial charge is 0.465 e. The van der Waals surface area contributed by atoms with Crippen LogP contribution in [0.5, 0.6) is 0 Å². The molecule has 8 heteroatoms. The van der Waals surface area contributed by atoms with Gasteiger partial charge in [0.2, 0.25) is 0 Å². The highest BCUT2D eigenvalue weighted by atomic mass is 35.5. The number of ether oxygens (including phenoxy) is 1. The van der Waals surface area contributed by atoms with E-state index in [2.05, 4.69) is 14.4 Å². The van der Waals surface area contributed by atoms with Crippen molar-refractivity contribution >= 4 is 44.2 Å². The lowest BCUT2D eigenvalue weighted by atomic mass is 10.2. The number of esters is 1. The van der Waals surface area contributed by atoms with Gasteiger partial charge in [-0.25, -0.2) is 13.2 Å². The molecule has 0 unspecified atom stereocenters. The molecule has 24 heavy (non-hydrogen) atoms. The van der Waals surface area contributed by atoms with E-state index in [0.29, 0.717) is 21.6 Å². The van der Waals surface area contributed by atoms with Gasteiger partial charge in [-0.2, -0.15) is 0 Å². The number of aromatic amines is 1. The Bertz CT molecular complexity index is 1030. The molecular weight excluding hydrogens is 352 g/mol. The highest BCUT2D eigenvalue weighted by molar-refractivity contribution is 7.92. The van der Waals surface area contributed by atoms with Crippen LogP contribution in [0.3, 0.4) is 0 Å². The lowest BCUT2D eigenvalue weighted by Gasteiger charge is -2.10. The van der Waals surface area contributed by atoms with E-state index in [1.54, 1.807) is 24.4 Å². The molecule has 0 aliphatic carbocycles. The molecule has 3 aromatic rings. The number of rotatable bonds is 4. The predicted octanol–water partition coefficient (Wildman–Crippen LogP) is 3.41. The summed E-state index contributed by atoms with van der Waals surface area (Å²) in [6, 6.07) is 10.7. The molecule has 0 fully saturated rings. The van der Waals surface area contributed by atoms with E-state index in [9.17, 15) is 13.2 Å². The van der Waals surface area contributed by atoms with Gasteiger partial charge in [-0.05, 0) is 24.3 Å². The maximum absolute atomic E-state index is 12.6. The van der Waals surface area contributed by atoms with E-state index in [-0.39, 0.29) is 10.5 Å². The molecule has 0 saturated carbocycles. The summed E-state index contributed by atoms with van der Waals surface area (Å²) in [7, 11) is -2.65. The van der Waals surface area contributed by atoms with E-state index in [4.69, 9.17) is 11.6 Å². The molecule has 1 aromatic heterocycles. The number of benzene rings is 2. The number of nitrogens with one attached hydrogen (secondary N) is 2. The van der Waals surface area contributed by atoms with Gasteiger partial charge in [0.1, 0.15) is 0 Å². The fraction of sp³-hybridized carbons (Fsp3) is 0.0625. The monoisotopic (exact) mass is 364 g/mol. The van der Waals surface area contributed by atoms with Gasteiger partial charge in [0.25, 0.3) is 10.0 Å². The third kappa shape index (κ3) is 2.95. The van der Waals surface area contributed by atoms with Crippen molar-refractivity contribution in [3.05, 3.63) is 59.2 Å². The minimum atomic E-state index is -3.88. The van der Waals surface area contributed by atoms with Crippen LogP contribution in [0.2, 0.25) is 5.02 Å². The van der Waals surface area contributed by atoms with Crippen molar-refractivity contribution < 1.29 is 17.9 Å². The highest BCUT2D eigenvalue weighted by Crippen LogP contribution is 2.29. The molecule has 2 aromatic carbocycles. The first-order chi connectivity index (χ1) is 11.4. The fourth-order valence-electron chi connectivity index (χ4n) is 2.32. The van der Waals surface area contributed by atoms with Crippen molar-refractivity contribution in [2.24, 2.45) is 0 Å². The van der Waals surface area contributed by atoms with Gasteiger partial charge in [0.15, 0.2) is 0 Å². The van der Waals surface area contributed by atoms with E-state index in [0.717, 1.165) is 0 Å². The van der Waals surface area contributed by atoms with Gasteiger partial charge in [-0.15, -0.1) is 0 Å². The summed E-state index contributed by atoms with van der Waals surface area (Å²) in [6.07, 6.45) is 1.59. The third-order valence-electron chi connectivity index (χ3n) is 3.47. The molecule has 0 aliphatic rings. The van der Waals surface area contributed by atoms with Crippen molar-refractivity contribution in [3.8, 4) is 0 Å². The Morgan fingerprint density at radius 1 is 1.21 bits per heavy atom. The molecule has 0 atom stereocenters. The Morgan fingerprint density at radius 2 is 1.96 bits per heavy atom. The molecule has 0 amide bonds. The molecule has 0 bridgehead atoms. The van der Waals surface area contributed by atoms with Gasteiger partial charge in [-0.3, -0.25) is 4.72 Å². The summed E-state index contributed by atoms with van der Waals surface area (Å²) in [4.78, 5) is 14.5. The molecule has 124 valence electrons. The summed E-state index contributed by atoms with van der Waals surface area (Å²) in [5.74, 6) is -0.606. The highest BCUT2D eigenvalue weighted by Gasteiger charge is 2.18. The van der Waals surface area contributed by atoms with Crippen molar-refractivity contribution in [2.45, 2.75) is 4.90 Å². The number of halogens is 1. The number of aromatic nitrogens is 1. The average Bonchev–Trinajstić information content (AvgIpc) is 2.96. The summed E-state index contributed by atoms with van der Waals surface area (Å²) in [6.45, 7) is 0. The van der Waals surface area contributed by atoms with E-state index in [1.165, 1.54) is 31.4 Å². The summed E-state index contributed by atoms with van der Waals surface area (Å²) in [5.41, 5.74) is 1.10. The zero-order valence-corrected chi connectivity index (χ0v) is 14.1. The van der Waals surface area contributed by atoms with Crippen LogP contribution in [-0.4, -0.2) is 26.5 Å². The van der Waals surface area contributed by atoms with Crippen molar-refractivity contribution in [1.29, 1.82) is 0 Å². The lowest BCUT2D eigenvalue weighted by molar-refractivity contribution is 0.0600. The first kappa shape index (κ1) is 16.4. The first-order valence-corrected chi connectivity index (χ1v) is 8.75. The Kier molecular flexibility index (Phi) is 4.21. The minimum Gasteiger partial charge on any atom is -0.465 e. The number of carbonyl (C=O) groups excluding carboxylic acids is 1. The molecule has 0 radical (unpaired) electrons. The average molecular weight is 365 g/mol. The summed E-state index contributed by atoms with van der Waals surface area (Å²) < 4.78 is 32.3. The second kappa shape index (κ2) is 6.18. The van der Waals surface area contributed by atoms with Gasteiger partial charge >= 0.3 is 5.97 Å². The van der Waals surface area contributed by atoms with Crippen LogP contribution in [0.25, 0.3) is 10.9 Å². The zero-order valence-electron chi connectivity index (χ0n) is 12.5. The van der Waals surface area contributed by atoms with E-state index in [1.807, 2.05) is 0 Å².